The number of likely N-dealkylation sites (N-methyl/N-ethyl adjacent to an activating group) is 3. The second-order valence-electron chi connectivity index (χ2n) is 9.34. The molecule has 3 aliphatic rings. The second kappa shape index (κ2) is 8.98. The summed E-state index contributed by atoms with van der Waals surface area (Å²) in [5, 5.41) is 4.43. The van der Waals surface area contributed by atoms with Gasteiger partial charge in [-0.1, -0.05) is 0 Å². The Morgan fingerprint density at radius 3 is 2.79 bits per heavy atom. The second-order valence-corrected chi connectivity index (χ2v) is 9.34. The van der Waals surface area contributed by atoms with Crippen LogP contribution in [-0.4, -0.2) is 107 Å². The van der Waals surface area contributed by atoms with Crippen LogP contribution in [0.2, 0.25) is 0 Å². The first-order valence-corrected chi connectivity index (χ1v) is 12.1. The number of amides is 1. The number of nitrogens with one attached hydrogen (secondary N) is 1. The summed E-state index contributed by atoms with van der Waals surface area (Å²) in [4.78, 5) is 36.6. The van der Waals surface area contributed by atoms with E-state index in [2.05, 4.69) is 29.5 Å². The molecule has 3 atom stereocenters. The van der Waals surface area contributed by atoms with Gasteiger partial charge in [0.15, 0.2) is 0 Å². The fourth-order valence-electron chi connectivity index (χ4n) is 5.41. The third kappa shape index (κ3) is 3.74. The van der Waals surface area contributed by atoms with E-state index in [0.717, 1.165) is 48.5 Å². The number of carbonyl (C=O) groups is 1. The summed E-state index contributed by atoms with van der Waals surface area (Å²) in [5.41, 5.74) is 2.43. The molecule has 34 heavy (non-hydrogen) atoms. The van der Waals surface area contributed by atoms with Gasteiger partial charge in [-0.3, -0.25) is 0 Å². The number of carbonyl (C=O) groups excluding carboxylic acids is 1. The number of aryl methyl sites for hydroxylation is 1. The molecule has 0 radical (unpaired) electrons. The third-order valence-electron chi connectivity index (χ3n) is 7.35. The molecule has 0 spiro atoms. The van der Waals surface area contributed by atoms with Crippen LogP contribution in [0.1, 0.15) is 31.3 Å². The van der Waals surface area contributed by atoms with Crippen LogP contribution in [0.15, 0.2) is 29.3 Å². The van der Waals surface area contributed by atoms with Crippen LogP contribution in [0.3, 0.4) is 0 Å². The standard InChI is InChI=1S/C24H33BN8O/c1-5-32-20-21(29-24(32)31-12-8-9-16(13-31)26-3)30(4)23(25)33(22(20)34)14-19-27-15(2)17-10-6-7-11-18(17)28-19/h6-7,10-11,16,20-21,25-26H,5,8-9,12-14H2,1-4H3. The molecule has 4 heterocycles. The van der Waals surface area contributed by atoms with Crippen molar-refractivity contribution < 1.29 is 4.79 Å². The van der Waals surface area contributed by atoms with Gasteiger partial charge < -0.3 is 0 Å². The van der Waals surface area contributed by atoms with E-state index in [0.29, 0.717) is 24.1 Å². The SMILES string of the molecule is B=C1N(Cc2nc(C)c3ccccc3n2)C(=O)C2C(N=C(N3CCCC(NC)C3)N2CC)N1C. The van der Waals surface area contributed by atoms with Gasteiger partial charge in [0.2, 0.25) is 0 Å². The molecule has 5 rings (SSSR count). The number of aliphatic imine (C=N–C) groups is 1. The number of para-hydroxylation sites is 1. The first kappa shape index (κ1) is 22.8. The Morgan fingerprint density at radius 1 is 1.24 bits per heavy atom. The van der Waals surface area contributed by atoms with Gasteiger partial charge in [-0.15, -0.1) is 0 Å². The Bertz CT molecular complexity index is 1150. The number of benzene rings is 1. The Labute approximate surface area is 201 Å². The monoisotopic (exact) mass is 460 g/mol. The fraction of sp³-hybridized carbons (Fsp3) is 0.542. The van der Waals surface area contributed by atoms with Gasteiger partial charge in [0.05, 0.1) is 0 Å². The van der Waals surface area contributed by atoms with Crippen molar-refractivity contribution in [2.24, 2.45) is 4.99 Å². The predicted molar refractivity (Wildman–Crippen MR) is 136 cm³/mol. The maximum atomic E-state index is 13.9. The number of nitrogens with zero attached hydrogens (tertiary/aromatic N) is 7. The van der Waals surface area contributed by atoms with E-state index in [1.54, 1.807) is 4.90 Å². The Hall–Kier alpha value is -3.01. The first-order chi connectivity index (χ1) is 16.4. The van der Waals surface area contributed by atoms with Crippen molar-refractivity contribution >= 4 is 36.0 Å². The predicted octanol–water partition coefficient (Wildman–Crippen LogP) is 0.270. The molecule has 178 valence electrons. The minimum absolute atomic E-state index is 0.00490. The molecule has 1 N–H and O–H groups in total. The van der Waals surface area contributed by atoms with Crippen LogP contribution in [0, 0.1) is 6.92 Å². The maximum absolute atomic E-state index is 13.9. The van der Waals surface area contributed by atoms with Crippen molar-refractivity contribution in [3.8, 4) is 0 Å². The van der Waals surface area contributed by atoms with Gasteiger partial charge in [0.1, 0.15) is 0 Å². The van der Waals surface area contributed by atoms with E-state index >= 15 is 0 Å². The van der Waals surface area contributed by atoms with Gasteiger partial charge in [0, 0.05) is 0 Å². The van der Waals surface area contributed by atoms with Gasteiger partial charge >= 0.3 is 202 Å². The van der Waals surface area contributed by atoms with Crippen molar-refractivity contribution in [2.45, 2.75) is 51.5 Å². The number of hydrogen-bond donors (Lipinski definition) is 1. The number of hydrogen-bond acceptors (Lipinski definition) is 8. The first-order valence-electron chi connectivity index (χ1n) is 12.1. The van der Waals surface area contributed by atoms with Crippen LogP contribution in [0.4, 0.5) is 0 Å². The number of rotatable bonds is 4. The van der Waals surface area contributed by atoms with Gasteiger partial charge in [-0.25, -0.2) is 0 Å². The van der Waals surface area contributed by atoms with E-state index < -0.39 is 0 Å². The molecule has 2 fully saturated rings. The molecular formula is C24H33BN8O. The van der Waals surface area contributed by atoms with Crippen molar-refractivity contribution in [1.82, 2.24) is 34.9 Å². The van der Waals surface area contributed by atoms with Crippen molar-refractivity contribution in [1.29, 1.82) is 0 Å². The number of guanidine groups is 1. The molecule has 1 aromatic heterocycles. The van der Waals surface area contributed by atoms with E-state index in [1.165, 1.54) is 0 Å². The van der Waals surface area contributed by atoms with Gasteiger partial charge in [-0.2, -0.15) is 0 Å². The number of piperidine rings is 1. The normalized spacial score (nSPS) is 25.3. The van der Waals surface area contributed by atoms with Gasteiger partial charge in [0.25, 0.3) is 0 Å². The molecule has 0 aliphatic carbocycles. The molecule has 1 amide bonds. The summed E-state index contributed by atoms with van der Waals surface area (Å²) in [7, 11) is 8.23. The van der Waals surface area contributed by atoms with Crippen LogP contribution in [0.5, 0.6) is 0 Å². The Morgan fingerprint density at radius 2 is 2.03 bits per heavy atom. The summed E-state index contributed by atoms with van der Waals surface area (Å²) >= 11 is 0. The molecule has 10 heteroatoms. The summed E-state index contributed by atoms with van der Waals surface area (Å²) in [5.74, 6) is 1.54. The zero-order chi connectivity index (χ0) is 24.0. The summed E-state index contributed by atoms with van der Waals surface area (Å²) in [6.07, 6.45) is 1.99. The summed E-state index contributed by atoms with van der Waals surface area (Å²) < 4.78 is 0. The summed E-state index contributed by atoms with van der Waals surface area (Å²) in [6.45, 7) is 6.93. The zero-order valence-corrected chi connectivity index (χ0v) is 20.5. The van der Waals surface area contributed by atoms with Gasteiger partial charge in [-0.05, 0) is 0 Å². The zero-order valence-electron chi connectivity index (χ0n) is 20.5. The van der Waals surface area contributed by atoms with E-state index in [1.807, 2.05) is 50.2 Å². The topological polar surface area (TPSA) is 80.2 Å². The quantitative estimate of drug-likeness (QED) is 0.657. The molecule has 9 nitrogen and oxygen atoms in total. The molecule has 0 bridgehead atoms. The molecule has 3 aliphatic heterocycles. The number of likely N-dealkylation sites (tertiary alicyclic amines) is 1. The van der Waals surface area contributed by atoms with Crippen molar-refractivity contribution in [2.75, 3.05) is 33.7 Å². The molecule has 2 saturated heterocycles. The van der Waals surface area contributed by atoms with Crippen molar-refractivity contribution in [3.63, 3.8) is 0 Å². The number of aromatic nitrogens is 2. The van der Waals surface area contributed by atoms with E-state index in [4.69, 9.17) is 15.0 Å². The van der Waals surface area contributed by atoms with Crippen LogP contribution < -0.4 is 5.32 Å². The average molecular weight is 460 g/mol. The third-order valence-corrected chi connectivity index (χ3v) is 7.35. The van der Waals surface area contributed by atoms with E-state index in [-0.39, 0.29) is 24.7 Å². The average Bonchev–Trinajstić information content (AvgIpc) is 3.25. The fourth-order valence-corrected chi connectivity index (χ4v) is 5.41. The molecule has 2 aromatic rings. The van der Waals surface area contributed by atoms with Crippen molar-refractivity contribution in [3.05, 3.63) is 35.8 Å². The van der Waals surface area contributed by atoms with Crippen LogP contribution >= 0.6 is 0 Å². The summed E-state index contributed by atoms with van der Waals surface area (Å²) in [6, 6.07) is 8.01. The van der Waals surface area contributed by atoms with E-state index in [9.17, 15) is 4.79 Å². The Kier molecular flexibility index (Phi) is 6.01. The van der Waals surface area contributed by atoms with Crippen LogP contribution in [0.25, 0.3) is 10.9 Å². The number of fused-ring (bicyclic) bond motifs is 2. The Balaban J connectivity index is 1.43. The molecule has 1 aromatic carbocycles. The molecule has 3 unspecified atom stereocenters. The molecular weight excluding hydrogens is 427 g/mol. The van der Waals surface area contributed by atoms with Crippen LogP contribution in [-0.2, 0) is 11.3 Å². The minimum atomic E-state index is -0.382. The molecule has 0 saturated carbocycles.